The summed E-state index contributed by atoms with van der Waals surface area (Å²) in [4.78, 5) is 0.0146. The molecule has 0 fully saturated rings. The van der Waals surface area contributed by atoms with Crippen LogP contribution in [0.5, 0.6) is 5.75 Å². The van der Waals surface area contributed by atoms with Gasteiger partial charge in [0.15, 0.2) is 11.6 Å². The average Bonchev–Trinajstić information content (AvgIpc) is 2.66. The van der Waals surface area contributed by atoms with Gasteiger partial charge in [-0.2, -0.15) is 0 Å². The van der Waals surface area contributed by atoms with E-state index in [0.29, 0.717) is 5.75 Å². The Morgan fingerprint density at radius 3 is 2.04 bits per heavy atom. The summed E-state index contributed by atoms with van der Waals surface area (Å²) >= 11 is 0. The van der Waals surface area contributed by atoms with E-state index in [1.807, 2.05) is 0 Å². The van der Waals surface area contributed by atoms with Gasteiger partial charge in [0.2, 0.25) is 0 Å². The van der Waals surface area contributed by atoms with E-state index >= 15 is 0 Å². The molecule has 10 heteroatoms. The Morgan fingerprint density at radius 2 is 1.48 bits per heavy atom. The van der Waals surface area contributed by atoms with Crippen molar-refractivity contribution in [3.63, 3.8) is 0 Å². The van der Waals surface area contributed by atoms with Crippen molar-refractivity contribution in [1.82, 2.24) is 10.2 Å². The molecule has 1 aromatic heterocycles. The molecule has 0 radical (unpaired) electrons. The van der Waals surface area contributed by atoms with Crippen molar-refractivity contribution in [2.45, 2.75) is 4.90 Å². The number of halogens is 2. The maximum atomic E-state index is 13.6. The first-order valence-electron chi connectivity index (χ1n) is 7.61. The minimum atomic E-state index is -3.87. The van der Waals surface area contributed by atoms with Gasteiger partial charge in [0.1, 0.15) is 23.1 Å². The van der Waals surface area contributed by atoms with Crippen molar-refractivity contribution in [1.29, 1.82) is 0 Å². The van der Waals surface area contributed by atoms with E-state index in [2.05, 4.69) is 20.2 Å². The number of nitrogens with one attached hydrogen (secondary N) is 2. The van der Waals surface area contributed by atoms with Gasteiger partial charge >= 0.3 is 0 Å². The van der Waals surface area contributed by atoms with E-state index in [0.717, 1.165) is 12.1 Å². The number of anilines is 3. The fourth-order valence-corrected chi connectivity index (χ4v) is 3.15. The Morgan fingerprint density at radius 1 is 0.889 bits per heavy atom. The zero-order valence-corrected chi connectivity index (χ0v) is 14.8. The zero-order chi connectivity index (χ0) is 19.4. The molecule has 0 aliphatic heterocycles. The number of benzene rings is 2. The monoisotopic (exact) mass is 392 g/mol. The van der Waals surface area contributed by atoms with Crippen LogP contribution in [-0.2, 0) is 10.0 Å². The van der Waals surface area contributed by atoms with Crippen LogP contribution in [0.2, 0.25) is 0 Å². The van der Waals surface area contributed by atoms with Gasteiger partial charge < -0.3 is 10.1 Å². The van der Waals surface area contributed by atoms with Gasteiger partial charge in [0, 0.05) is 0 Å². The summed E-state index contributed by atoms with van der Waals surface area (Å²) in [6.45, 7) is 0. The number of aromatic nitrogens is 2. The van der Waals surface area contributed by atoms with E-state index in [-0.39, 0.29) is 22.2 Å². The van der Waals surface area contributed by atoms with Gasteiger partial charge in [-0.15, -0.1) is 10.2 Å². The van der Waals surface area contributed by atoms with Gasteiger partial charge in [0.25, 0.3) is 10.0 Å². The van der Waals surface area contributed by atoms with Crippen LogP contribution in [0.1, 0.15) is 0 Å². The summed E-state index contributed by atoms with van der Waals surface area (Å²) in [5, 5.41) is 9.89. The highest BCUT2D eigenvalue weighted by Gasteiger charge is 2.15. The second-order valence-corrected chi connectivity index (χ2v) is 6.99. The zero-order valence-electron chi connectivity index (χ0n) is 14.0. The third-order valence-electron chi connectivity index (χ3n) is 3.49. The highest BCUT2D eigenvalue weighted by Crippen LogP contribution is 2.23. The van der Waals surface area contributed by atoms with Crippen LogP contribution in [0.3, 0.4) is 0 Å². The second kappa shape index (κ2) is 7.54. The smallest absolute Gasteiger partial charge is 0.263 e. The first kappa shape index (κ1) is 18.5. The topological polar surface area (TPSA) is 93.2 Å². The van der Waals surface area contributed by atoms with Crippen LogP contribution >= 0.6 is 0 Å². The molecule has 0 amide bonds. The number of hydrogen-bond donors (Lipinski definition) is 2. The van der Waals surface area contributed by atoms with Crippen molar-refractivity contribution in [2.24, 2.45) is 0 Å². The first-order valence-corrected chi connectivity index (χ1v) is 9.09. The second-order valence-electron chi connectivity index (χ2n) is 5.31. The van der Waals surface area contributed by atoms with E-state index in [9.17, 15) is 17.2 Å². The van der Waals surface area contributed by atoms with Gasteiger partial charge in [-0.05, 0) is 48.5 Å². The Kier molecular flexibility index (Phi) is 5.17. The minimum absolute atomic E-state index is 0.0146. The summed E-state index contributed by atoms with van der Waals surface area (Å²) < 4.78 is 59.2. The number of hydrogen-bond acceptors (Lipinski definition) is 6. The average molecular weight is 392 g/mol. The predicted octanol–water partition coefficient (Wildman–Crippen LogP) is 3.31. The van der Waals surface area contributed by atoms with Crippen molar-refractivity contribution in [2.75, 3.05) is 17.1 Å². The molecule has 2 aromatic carbocycles. The van der Waals surface area contributed by atoms with Crippen LogP contribution in [0.15, 0.2) is 59.5 Å². The summed E-state index contributed by atoms with van der Waals surface area (Å²) in [6, 6.07) is 11.9. The number of nitrogens with zero attached hydrogens (tertiary/aromatic N) is 2. The third-order valence-corrected chi connectivity index (χ3v) is 4.86. The molecule has 0 spiro atoms. The molecule has 1 heterocycles. The number of ether oxygens (including phenoxy) is 1. The molecule has 3 aromatic rings. The number of sulfonamides is 1. The Labute approximate surface area is 154 Å². The Bertz CT molecular complexity index is 1020. The minimum Gasteiger partial charge on any atom is -0.497 e. The molecular formula is C17H14F2N4O3S. The number of rotatable bonds is 6. The lowest BCUT2D eigenvalue weighted by Crippen LogP contribution is -2.14. The number of methoxy groups -OCH3 is 1. The van der Waals surface area contributed by atoms with Crippen molar-refractivity contribution >= 4 is 27.3 Å². The van der Waals surface area contributed by atoms with E-state index in [4.69, 9.17) is 4.74 Å². The van der Waals surface area contributed by atoms with Crippen molar-refractivity contribution < 1.29 is 21.9 Å². The molecule has 0 saturated heterocycles. The number of para-hydroxylation sites is 1. The van der Waals surface area contributed by atoms with Crippen LogP contribution in [0.25, 0.3) is 0 Å². The highest BCUT2D eigenvalue weighted by molar-refractivity contribution is 7.92. The summed E-state index contributed by atoms with van der Waals surface area (Å²) in [5.41, 5.74) is -0.377. The molecule has 0 aliphatic carbocycles. The van der Waals surface area contributed by atoms with Crippen LogP contribution < -0.4 is 14.8 Å². The van der Waals surface area contributed by atoms with Gasteiger partial charge in [-0.25, -0.2) is 17.2 Å². The lowest BCUT2D eigenvalue weighted by molar-refractivity contribution is 0.414. The molecule has 0 aliphatic rings. The molecule has 0 atom stereocenters. The first-order chi connectivity index (χ1) is 12.9. The Balaban J connectivity index is 1.75. The predicted molar refractivity (Wildman–Crippen MR) is 95.5 cm³/mol. The maximum Gasteiger partial charge on any atom is 0.263 e. The van der Waals surface area contributed by atoms with Crippen LogP contribution in [0.4, 0.5) is 26.1 Å². The summed E-state index contributed by atoms with van der Waals surface area (Å²) in [7, 11) is -2.40. The van der Waals surface area contributed by atoms with Gasteiger partial charge in [-0.3, -0.25) is 4.72 Å². The lowest BCUT2D eigenvalue weighted by Gasteiger charge is -2.09. The summed E-state index contributed by atoms with van der Waals surface area (Å²) in [5.74, 6) is -1.07. The quantitative estimate of drug-likeness (QED) is 0.669. The third kappa shape index (κ3) is 4.29. The normalized spacial score (nSPS) is 11.1. The molecular weight excluding hydrogens is 378 g/mol. The largest absolute Gasteiger partial charge is 0.497 e. The molecule has 0 bridgehead atoms. The standard InChI is InChI=1S/C17H14F2N4O3S/c1-26-11-5-7-12(8-6-11)27(24,25)23-16-10-9-15(21-22-16)20-17-13(18)3-2-4-14(17)19/h2-10H,1H3,(H,20,21)(H,22,23). The van der Waals surface area contributed by atoms with Gasteiger partial charge in [-0.1, -0.05) is 6.07 Å². The Hall–Kier alpha value is -3.27. The van der Waals surface area contributed by atoms with E-state index in [1.54, 1.807) is 0 Å². The van der Waals surface area contributed by atoms with E-state index < -0.39 is 21.7 Å². The summed E-state index contributed by atoms with van der Waals surface area (Å²) in [6.07, 6.45) is 0. The highest BCUT2D eigenvalue weighted by atomic mass is 32.2. The molecule has 2 N–H and O–H groups in total. The molecule has 0 saturated carbocycles. The molecule has 7 nitrogen and oxygen atoms in total. The SMILES string of the molecule is COc1ccc(S(=O)(=O)Nc2ccc(Nc3c(F)cccc3F)nn2)cc1. The van der Waals surface area contributed by atoms with Crippen LogP contribution in [-0.4, -0.2) is 25.7 Å². The molecule has 27 heavy (non-hydrogen) atoms. The molecule has 140 valence electrons. The fourth-order valence-electron chi connectivity index (χ4n) is 2.15. The van der Waals surface area contributed by atoms with Crippen molar-refractivity contribution in [3.05, 3.63) is 66.2 Å². The molecule has 0 unspecified atom stereocenters. The molecule has 3 rings (SSSR count). The van der Waals surface area contributed by atoms with E-state index in [1.165, 1.54) is 49.6 Å². The van der Waals surface area contributed by atoms with Crippen molar-refractivity contribution in [3.8, 4) is 5.75 Å². The van der Waals surface area contributed by atoms with Gasteiger partial charge in [0.05, 0.1) is 12.0 Å². The fraction of sp³-hybridized carbons (Fsp3) is 0.0588. The maximum absolute atomic E-state index is 13.6. The van der Waals surface area contributed by atoms with Crippen LogP contribution in [0, 0.1) is 11.6 Å². The lowest BCUT2D eigenvalue weighted by atomic mass is 10.3.